The average molecular weight is 263 g/mol. The third-order valence-corrected chi connectivity index (χ3v) is 6.74. The van der Waals surface area contributed by atoms with Crippen LogP contribution >= 0.6 is 0 Å². The molecule has 0 aromatic rings. The zero-order chi connectivity index (χ0) is 13.6. The van der Waals surface area contributed by atoms with E-state index in [1.165, 1.54) is 6.92 Å². The molecular formula is C11H21NO4S. The summed E-state index contributed by atoms with van der Waals surface area (Å²) in [5.41, 5.74) is 0. The molecule has 5 nitrogen and oxygen atoms in total. The average Bonchev–Trinajstić information content (AvgIpc) is 2.15. The van der Waals surface area contributed by atoms with Crippen LogP contribution in [0.15, 0.2) is 0 Å². The van der Waals surface area contributed by atoms with Crippen molar-refractivity contribution < 1.29 is 17.9 Å². The fraction of sp³-hybridized carbons (Fsp3) is 0.909. The van der Waals surface area contributed by atoms with Crippen molar-refractivity contribution in [2.45, 2.75) is 43.2 Å². The van der Waals surface area contributed by atoms with E-state index >= 15 is 0 Å². The molecule has 0 saturated carbocycles. The smallest absolute Gasteiger partial charge is 0.328 e. The first-order valence-corrected chi connectivity index (χ1v) is 7.11. The number of nitrogens with zero attached hydrogens (tertiary/aromatic N) is 1. The molecule has 6 heteroatoms. The predicted molar refractivity (Wildman–Crippen MR) is 65.5 cm³/mol. The minimum atomic E-state index is -3.53. The van der Waals surface area contributed by atoms with Gasteiger partial charge in [-0.1, -0.05) is 0 Å². The van der Waals surface area contributed by atoms with Crippen molar-refractivity contribution in [2.75, 3.05) is 20.7 Å². The number of carbonyl (C=O) groups is 1. The van der Waals surface area contributed by atoms with Crippen molar-refractivity contribution >= 4 is 15.8 Å². The summed E-state index contributed by atoms with van der Waals surface area (Å²) in [6.07, 6.45) is 0. The Kier molecular flexibility index (Phi) is 3.35. The number of sulfone groups is 1. The van der Waals surface area contributed by atoms with Crippen molar-refractivity contribution in [3.05, 3.63) is 0 Å². The summed E-state index contributed by atoms with van der Waals surface area (Å²) in [7, 11) is 0.0208. The molecule has 1 rings (SSSR count). The van der Waals surface area contributed by atoms with Crippen LogP contribution < -0.4 is 0 Å². The highest BCUT2D eigenvalue weighted by Crippen LogP contribution is 2.51. The lowest BCUT2D eigenvalue weighted by Gasteiger charge is -2.57. The molecule has 0 aromatic heterocycles. The lowest BCUT2D eigenvalue weighted by atomic mass is 9.87. The topological polar surface area (TPSA) is 63.7 Å². The van der Waals surface area contributed by atoms with Crippen LogP contribution in [0.2, 0.25) is 0 Å². The summed E-state index contributed by atoms with van der Waals surface area (Å²) in [4.78, 5) is 13.7. The van der Waals surface area contributed by atoms with Gasteiger partial charge in [0.25, 0.3) is 0 Å². The SMILES string of the molecule is CCOC(=O)C1(C)C(N(C)C)C(C)(C)S1(=O)=O. The molecule has 2 unspecified atom stereocenters. The van der Waals surface area contributed by atoms with Crippen molar-refractivity contribution in [3.8, 4) is 0 Å². The van der Waals surface area contributed by atoms with Gasteiger partial charge in [-0.3, -0.25) is 4.79 Å². The van der Waals surface area contributed by atoms with Crippen LogP contribution in [0.3, 0.4) is 0 Å². The first kappa shape index (κ1) is 14.4. The number of hydrogen-bond acceptors (Lipinski definition) is 5. The Bertz CT molecular complexity index is 427. The Morgan fingerprint density at radius 1 is 1.29 bits per heavy atom. The van der Waals surface area contributed by atoms with E-state index < -0.39 is 25.3 Å². The van der Waals surface area contributed by atoms with Crippen LogP contribution in [0.4, 0.5) is 0 Å². The summed E-state index contributed by atoms with van der Waals surface area (Å²) < 4.78 is 27.1. The Balaban J connectivity index is 3.27. The number of hydrogen-bond donors (Lipinski definition) is 0. The first-order chi connectivity index (χ1) is 7.55. The second kappa shape index (κ2) is 3.95. The van der Waals surface area contributed by atoms with Gasteiger partial charge in [0.1, 0.15) is 0 Å². The maximum atomic E-state index is 12.3. The fourth-order valence-electron chi connectivity index (χ4n) is 3.06. The third-order valence-electron chi connectivity index (χ3n) is 3.63. The molecule has 100 valence electrons. The second-order valence-corrected chi connectivity index (χ2v) is 8.21. The summed E-state index contributed by atoms with van der Waals surface area (Å²) in [6.45, 7) is 6.60. The van der Waals surface area contributed by atoms with Crippen molar-refractivity contribution in [3.63, 3.8) is 0 Å². The van der Waals surface area contributed by atoms with Gasteiger partial charge in [-0.2, -0.15) is 0 Å². The second-order valence-electron chi connectivity index (χ2n) is 5.30. The molecule has 1 saturated heterocycles. The van der Waals surface area contributed by atoms with Gasteiger partial charge in [0.2, 0.25) is 0 Å². The zero-order valence-corrected chi connectivity index (χ0v) is 12.1. The summed E-state index contributed by atoms with van der Waals surface area (Å²) in [6, 6.07) is -0.376. The van der Waals surface area contributed by atoms with Crippen LogP contribution in [0.1, 0.15) is 27.7 Å². The normalized spacial score (nSPS) is 34.2. The van der Waals surface area contributed by atoms with Crippen LogP contribution in [-0.4, -0.2) is 55.5 Å². The summed E-state index contributed by atoms with van der Waals surface area (Å²) in [5.74, 6) is -0.655. The van der Waals surface area contributed by atoms with E-state index in [0.717, 1.165) is 0 Å². The van der Waals surface area contributed by atoms with Gasteiger partial charge in [-0.05, 0) is 41.8 Å². The molecule has 0 radical (unpaired) electrons. The molecule has 0 N–H and O–H groups in total. The van der Waals surface area contributed by atoms with Gasteiger partial charge in [-0.25, -0.2) is 8.42 Å². The van der Waals surface area contributed by atoms with E-state index in [4.69, 9.17) is 4.74 Å². The molecule has 1 heterocycles. The molecule has 1 aliphatic rings. The molecule has 1 aliphatic heterocycles. The minimum absolute atomic E-state index is 0.185. The highest BCUT2D eigenvalue weighted by molar-refractivity contribution is 7.96. The van der Waals surface area contributed by atoms with Gasteiger partial charge >= 0.3 is 5.97 Å². The Labute approximate surface area is 103 Å². The summed E-state index contributed by atoms with van der Waals surface area (Å²) >= 11 is 0. The monoisotopic (exact) mass is 263 g/mol. The van der Waals surface area contributed by atoms with E-state index in [9.17, 15) is 13.2 Å². The molecule has 0 spiro atoms. The molecular weight excluding hydrogens is 242 g/mol. The molecule has 0 aromatic carbocycles. The highest BCUT2D eigenvalue weighted by atomic mass is 32.2. The van der Waals surface area contributed by atoms with E-state index in [-0.39, 0.29) is 12.6 Å². The minimum Gasteiger partial charge on any atom is -0.465 e. The third kappa shape index (κ3) is 1.53. The van der Waals surface area contributed by atoms with Crippen LogP contribution in [-0.2, 0) is 19.4 Å². The quantitative estimate of drug-likeness (QED) is 0.692. The van der Waals surface area contributed by atoms with Gasteiger partial charge in [-0.15, -0.1) is 0 Å². The Morgan fingerprint density at radius 3 is 2.12 bits per heavy atom. The van der Waals surface area contributed by atoms with Gasteiger partial charge in [0, 0.05) is 0 Å². The first-order valence-electron chi connectivity index (χ1n) is 5.63. The van der Waals surface area contributed by atoms with Gasteiger partial charge in [0.15, 0.2) is 14.6 Å². The summed E-state index contributed by atoms with van der Waals surface area (Å²) in [5, 5.41) is 0. The number of ether oxygens (including phenoxy) is 1. The van der Waals surface area contributed by atoms with Gasteiger partial charge < -0.3 is 9.64 Å². The van der Waals surface area contributed by atoms with Gasteiger partial charge in [0.05, 0.1) is 17.4 Å². The van der Waals surface area contributed by atoms with E-state index in [0.29, 0.717) is 0 Å². The number of esters is 1. The standard InChI is InChI=1S/C11H21NO4S/c1-7-16-9(13)11(4)8(12(5)6)10(2,3)17(11,14)15/h8H,7H2,1-6H3. The lowest BCUT2D eigenvalue weighted by Crippen LogP contribution is -2.80. The molecule has 0 aliphatic carbocycles. The van der Waals surface area contributed by atoms with E-state index in [1.807, 2.05) is 0 Å². The maximum absolute atomic E-state index is 12.3. The van der Waals surface area contributed by atoms with Crippen molar-refractivity contribution in [1.29, 1.82) is 0 Å². The number of carbonyl (C=O) groups excluding carboxylic acids is 1. The van der Waals surface area contributed by atoms with E-state index in [2.05, 4.69) is 0 Å². The number of rotatable bonds is 3. The molecule has 17 heavy (non-hydrogen) atoms. The zero-order valence-electron chi connectivity index (χ0n) is 11.3. The Hall–Kier alpha value is -0.620. The molecule has 0 bridgehead atoms. The van der Waals surface area contributed by atoms with Crippen LogP contribution in [0, 0.1) is 0 Å². The maximum Gasteiger partial charge on any atom is 0.328 e. The van der Waals surface area contributed by atoms with E-state index in [1.54, 1.807) is 39.8 Å². The molecule has 0 amide bonds. The molecule has 2 atom stereocenters. The Morgan fingerprint density at radius 2 is 1.76 bits per heavy atom. The van der Waals surface area contributed by atoms with Crippen LogP contribution in [0.5, 0.6) is 0 Å². The van der Waals surface area contributed by atoms with Crippen molar-refractivity contribution in [2.24, 2.45) is 0 Å². The van der Waals surface area contributed by atoms with Crippen molar-refractivity contribution in [1.82, 2.24) is 4.90 Å². The predicted octanol–water partition coefficient (Wildman–Crippen LogP) is 0.445. The lowest BCUT2D eigenvalue weighted by molar-refractivity contribution is -0.149. The van der Waals surface area contributed by atoms with Crippen LogP contribution in [0.25, 0.3) is 0 Å². The fourth-order valence-corrected chi connectivity index (χ4v) is 5.78. The molecule has 1 fully saturated rings. The largest absolute Gasteiger partial charge is 0.465 e. The highest BCUT2D eigenvalue weighted by Gasteiger charge is 2.75.